The van der Waals surface area contributed by atoms with Crippen LogP contribution in [0.5, 0.6) is 0 Å². The highest BCUT2D eigenvalue weighted by atomic mass is 16.5. The highest BCUT2D eigenvalue weighted by Crippen LogP contribution is 2.10. The molecule has 0 aromatic heterocycles. The van der Waals surface area contributed by atoms with Crippen LogP contribution >= 0.6 is 0 Å². The molecule has 151 valence electrons. The number of hydrogen-bond donors (Lipinski definition) is 3. The van der Waals surface area contributed by atoms with Gasteiger partial charge >= 0.3 is 0 Å². The Balaban J connectivity index is 0. The second-order valence-corrected chi connectivity index (χ2v) is 6.98. The van der Waals surface area contributed by atoms with Crippen molar-refractivity contribution in [2.45, 2.75) is 110 Å². The van der Waals surface area contributed by atoms with Gasteiger partial charge in [0, 0.05) is 6.54 Å². The van der Waals surface area contributed by atoms with Crippen LogP contribution in [-0.4, -0.2) is 29.6 Å². The zero-order chi connectivity index (χ0) is 17.7. The summed E-state index contributed by atoms with van der Waals surface area (Å²) in [5.41, 5.74) is 0. The van der Waals surface area contributed by atoms with Gasteiger partial charge in [0.25, 0.3) is 0 Å². The van der Waals surface area contributed by atoms with Crippen LogP contribution in [0.4, 0.5) is 0 Å². The number of aliphatic hydroxyl groups is 2. The molecule has 0 aliphatic carbocycles. The summed E-state index contributed by atoms with van der Waals surface area (Å²) in [5.74, 6) is 0. The molecule has 0 saturated carbocycles. The van der Waals surface area contributed by atoms with Gasteiger partial charge < -0.3 is 15.5 Å². The van der Waals surface area contributed by atoms with Gasteiger partial charge in [0.2, 0.25) is 0 Å². The molecular weight excluding hydrogens is 310 g/mol. The summed E-state index contributed by atoms with van der Waals surface area (Å²) in [5, 5.41) is 20.4. The topological polar surface area (TPSA) is 52.5 Å². The molecular formula is C22H46NO2. The van der Waals surface area contributed by atoms with E-state index in [2.05, 4.69) is 24.4 Å². The molecule has 0 fully saturated rings. The minimum absolute atomic E-state index is 0. The lowest BCUT2D eigenvalue weighted by molar-refractivity contribution is -0.0370. The number of hydrogen-bond acceptors (Lipinski definition) is 3. The number of rotatable bonds is 19. The summed E-state index contributed by atoms with van der Waals surface area (Å²) in [4.78, 5) is 0. The average molecular weight is 357 g/mol. The predicted molar refractivity (Wildman–Crippen MR) is 112 cm³/mol. The average Bonchev–Trinajstić information content (AvgIpc) is 2.56. The van der Waals surface area contributed by atoms with Crippen LogP contribution in [0.3, 0.4) is 0 Å². The first kappa shape index (κ1) is 26.8. The smallest absolute Gasteiger partial charge is 0.164 e. The minimum Gasteiger partial charge on any atom is -0.367 e. The van der Waals surface area contributed by atoms with Crippen molar-refractivity contribution in [3.63, 3.8) is 0 Å². The molecule has 0 aromatic rings. The maximum atomic E-state index is 8.68. The zero-order valence-corrected chi connectivity index (χ0v) is 17.1. The molecule has 25 heavy (non-hydrogen) atoms. The van der Waals surface area contributed by atoms with Gasteiger partial charge in [-0.1, -0.05) is 90.7 Å². The van der Waals surface area contributed by atoms with Crippen molar-refractivity contribution in [3.8, 4) is 0 Å². The van der Waals surface area contributed by atoms with Crippen LogP contribution in [0.2, 0.25) is 0 Å². The Labute approximate surface area is 158 Å². The molecule has 0 atom stereocenters. The molecule has 0 aliphatic rings. The lowest BCUT2D eigenvalue weighted by Gasteiger charge is -2.05. The van der Waals surface area contributed by atoms with Gasteiger partial charge in [-0.2, -0.15) is 0 Å². The van der Waals surface area contributed by atoms with E-state index in [0.29, 0.717) is 0 Å². The lowest BCUT2D eigenvalue weighted by atomic mass is 10.1. The van der Waals surface area contributed by atoms with Crippen LogP contribution in [0, 0.1) is 7.43 Å². The van der Waals surface area contributed by atoms with Crippen molar-refractivity contribution >= 4 is 0 Å². The number of allylic oxidation sites excluding steroid dienone is 2. The molecule has 0 unspecified atom stereocenters. The van der Waals surface area contributed by atoms with Gasteiger partial charge in [-0.3, -0.25) is 0 Å². The van der Waals surface area contributed by atoms with Gasteiger partial charge in [0.05, 0.1) is 0 Å². The SMILES string of the molecule is CCCCCCCC/C=C\CCCCCCCCCNCC(O)O.[CH3]. The number of aliphatic hydroxyl groups excluding tert-OH is 1. The molecule has 0 rings (SSSR count). The van der Waals surface area contributed by atoms with Crippen molar-refractivity contribution in [1.29, 1.82) is 0 Å². The van der Waals surface area contributed by atoms with E-state index in [-0.39, 0.29) is 14.0 Å². The van der Waals surface area contributed by atoms with Crippen LogP contribution in [0.15, 0.2) is 12.2 Å². The van der Waals surface area contributed by atoms with E-state index in [9.17, 15) is 0 Å². The standard InChI is InChI=1S/C21H43NO2.CH3/c1-2-3-4-5-6-7-8-9-10-11-12-13-14-15-16-17-18-19-22-20-21(23)24;/h9-10,21-24H,2-8,11-20H2,1H3;1H3/b10-9-;. The molecule has 3 nitrogen and oxygen atoms in total. The molecule has 0 spiro atoms. The Kier molecular flexibility index (Phi) is 25.4. The van der Waals surface area contributed by atoms with Crippen molar-refractivity contribution < 1.29 is 10.2 Å². The van der Waals surface area contributed by atoms with E-state index in [1.807, 2.05) is 0 Å². The number of nitrogens with one attached hydrogen (secondary N) is 1. The molecule has 0 aliphatic heterocycles. The highest BCUT2D eigenvalue weighted by molar-refractivity contribution is 4.81. The Morgan fingerprint density at radius 1 is 0.680 bits per heavy atom. The summed E-state index contributed by atoms with van der Waals surface area (Å²) < 4.78 is 0. The Morgan fingerprint density at radius 2 is 1.12 bits per heavy atom. The van der Waals surface area contributed by atoms with Crippen LogP contribution in [-0.2, 0) is 0 Å². The van der Waals surface area contributed by atoms with E-state index >= 15 is 0 Å². The maximum Gasteiger partial charge on any atom is 0.164 e. The maximum absolute atomic E-state index is 8.68. The fraction of sp³-hybridized carbons (Fsp3) is 0.864. The fourth-order valence-electron chi connectivity index (χ4n) is 2.91. The summed E-state index contributed by atoms with van der Waals surface area (Å²) in [7, 11) is 0. The quantitative estimate of drug-likeness (QED) is 0.156. The zero-order valence-electron chi connectivity index (χ0n) is 17.1. The largest absolute Gasteiger partial charge is 0.367 e. The monoisotopic (exact) mass is 356 g/mol. The summed E-state index contributed by atoms with van der Waals surface area (Å²) in [6, 6.07) is 0. The van der Waals surface area contributed by atoms with Crippen molar-refractivity contribution in [2.75, 3.05) is 13.1 Å². The predicted octanol–water partition coefficient (Wildman–Crippen LogP) is 5.76. The van der Waals surface area contributed by atoms with E-state index in [1.54, 1.807) is 0 Å². The Bertz CT molecular complexity index is 254. The molecule has 0 saturated heterocycles. The van der Waals surface area contributed by atoms with Crippen LogP contribution in [0.25, 0.3) is 0 Å². The molecule has 3 heteroatoms. The second-order valence-electron chi connectivity index (χ2n) is 6.98. The lowest BCUT2D eigenvalue weighted by Crippen LogP contribution is -2.26. The van der Waals surface area contributed by atoms with Gasteiger partial charge in [-0.25, -0.2) is 0 Å². The first-order chi connectivity index (χ1) is 11.8. The van der Waals surface area contributed by atoms with E-state index in [1.165, 1.54) is 89.9 Å². The molecule has 0 aromatic carbocycles. The summed E-state index contributed by atoms with van der Waals surface area (Å²) in [6.07, 6.45) is 23.5. The molecule has 3 N–H and O–H groups in total. The van der Waals surface area contributed by atoms with Crippen molar-refractivity contribution in [3.05, 3.63) is 19.6 Å². The third-order valence-corrected chi connectivity index (χ3v) is 4.44. The van der Waals surface area contributed by atoms with E-state index < -0.39 is 6.29 Å². The van der Waals surface area contributed by atoms with Crippen LogP contribution in [0.1, 0.15) is 103 Å². The first-order valence-electron chi connectivity index (χ1n) is 10.5. The van der Waals surface area contributed by atoms with Crippen molar-refractivity contribution in [2.24, 2.45) is 0 Å². The van der Waals surface area contributed by atoms with Gasteiger partial charge in [0.1, 0.15) is 0 Å². The van der Waals surface area contributed by atoms with E-state index in [0.717, 1.165) is 13.0 Å². The van der Waals surface area contributed by atoms with Crippen molar-refractivity contribution in [1.82, 2.24) is 5.32 Å². The van der Waals surface area contributed by atoms with Gasteiger partial charge in [-0.15, -0.1) is 0 Å². The Morgan fingerprint density at radius 3 is 1.60 bits per heavy atom. The third-order valence-electron chi connectivity index (χ3n) is 4.44. The molecule has 0 bridgehead atoms. The van der Waals surface area contributed by atoms with E-state index in [4.69, 9.17) is 10.2 Å². The number of unbranched alkanes of at least 4 members (excludes halogenated alkanes) is 13. The summed E-state index contributed by atoms with van der Waals surface area (Å²) in [6.45, 7) is 3.45. The van der Waals surface area contributed by atoms with Gasteiger partial charge in [-0.05, 0) is 38.6 Å². The minimum atomic E-state index is -1.22. The normalized spacial score (nSPS) is 11.4. The molecule has 0 amide bonds. The Hall–Kier alpha value is -0.380. The highest BCUT2D eigenvalue weighted by Gasteiger charge is 1.95. The second kappa shape index (κ2) is 23.6. The first-order valence-corrected chi connectivity index (χ1v) is 10.5. The summed E-state index contributed by atoms with van der Waals surface area (Å²) >= 11 is 0. The third kappa shape index (κ3) is 26.0. The fourth-order valence-corrected chi connectivity index (χ4v) is 2.91. The molecule has 0 heterocycles. The van der Waals surface area contributed by atoms with Gasteiger partial charge in [0.15, 0.2) is 6.29 Å². The molecule has 1 radical (unpaired) electrons. The van der Waals surface area contributed by atoms with Crippen LogP contribution < -0.4 is 5.32 Å².